The summed E-state index contributed by atoms with van der Waals surface area (Å²) in [7, 11) is -2.73. The summed E-state index contributed by atoms with van der Waals surface area (Å²) in [6, 6.07) is 5.76. The second kappa shape index (κ2) is 11.2. The van der Waals surface area contributed by atoms with Gasteiger partial charge in [0.1, 0.15) is 18.8 Å². The van der Waals surface area contributed by atoms with Gasteiger partial charge in [0.2, 0.25) is 5.92 Å². The summed E-state index contributed by atoms with van der Waals surface area (Å²) < 4.78 is 51.8. The molecular formula is C25H42F2N4O3SSi. The molecule has 0 saturated heterocycles. The first-order valence-corrected chi connectivity index (χ1v) is 17.5. The normalized spacial score (nSPS) is 21.1. The molecule has 1 aliphatic rings. The molecule has 3 rings (SSSR count). The van der Waals surface area contributed by atoms with Gasteiger partial charge in [0, 0.05) is 27.5 Å². The third-order valence-corrected chi connectivity index (χ3v) is 9.87. The zero-order chi connectivity index (χ0) is 26.9. The lowest BCUT2D eigenvalue weighted by atomic mass is 9.98. The zero-order valence-electron chi connectivity index (χ0n) is 22.3. The largest absolute Gasteiger partial charge is 0.375 e. The molecule has 1 aromatic carbocycles. The quantitative estimate of drug-likeness (QED) is 0.205. The number of rotatable bonds is 11. The maximum absolute atomic E-state index is 14.0. The highest BCUT2D eigenvalue weighted by Gasteiger charge is 2.41. The summed E-state index contributed by atoms with van der Waals surface area (Å²) in [5.41, 5.74) is 7.65. The molecule has 2 aromatic rings. The molecule has 1 aromatic heterocycles. The van der Waals surface area contributed by atoms with Crippen molar-refractivity contribution >= 4 is 30.1 Å². The van der Waals surface area contributed by atoms with E-state index >= 15 is 0 Å². The lowest BCUT2D eigenvalue weighted by molar-refractivity contribution is 0.00430. The van der Waals surface area contributed by atoms with E-state index in [1.54, 1.807) is 18.2 Å². The van der Waals surface area contributed by atoms with Gasteiger partial charge >= 0.3 is 0 Å². The Morgan fingerprint density at radius 3 is 2.61 bits per heavy atom. The molecule has 36 heavy (non-hydrogen) atoms. The monoisotopic (exact) mass is 544 g/mol. The fourth-order valence-electron chi connectivity index (χ4n) is 4.37. The molecule has 0 radical (unpaired) electrons. The second-order valence-electron chi connectivity index (χ2n) is 12.2. The van der Waals surface area contributed by atoms with E-state index in [1.807, 2.05) is 25.3 Å². The number of nitrogens with two attached hydrogens (primary N) is 1. The van der Waals surface area contributed by atoms with Crippen molar-refractivity contribution in [1.82, 2.24) is 14.3 Å². The Morgan fingerprint density at radius 1 is 1.36 bits per heavy atom. The number of imidazole rings is 1. The van der Waals surface area contributed by atoms with Crippen molar-refractivity contribution in [1.29, 1.82) is 0 Å². The van der Waals surface area contributed by atoms with Gasteiger partial charge in [0.25, 0.3) is 0 Å². The molecular weight excluding hydrogens is 502 g/mol. The Labute approximate surface area is 216 Å². The molecule has 0 amide bonds. The number of nitrogens with zero attached hydrogens (tertiary/aromatic N) is 2. The first-order chi connectivity index (χ1) is 16.6. The van der Waals surface area contributed by atoms with Crippen molar-refractivity contribution in [3.63, 3.8) is 0 Å². The Hall–Kier alpha value is -1.24. The predicted molar refractivity (Wildman–Crippen MR) is 144 cm³/mol. The predicted octanol–water partition coefficient (Wildman–Crippen LogP) is 5.22. The standard InChI is InChI=1S/C25H42F2N4O3SSi/c1-24(2,3)35(33)30-20(13-17-9-10-25(26,27)15-17)23-29-19-8-7-18(22(28)32)14-21(19)31(23)16-34-11-12-36(4,5)6/h7-8,14,17,20,22,30,32H,9-13,15-16,28H2,1-6H3/t17-,20?,22-,35-/m1/s1. The van der Waals surface area contributed by atoms with Crippen LogP contribution in [-0.2, 0) is 22.5 Å². The molecule has 1 aliphatic carbocycles. The number of aromatic nitrogens is 2. The third kappa shape index (κ3) is 7.88. The molecule has 1 saturated carbocycles. The summed E-state index contributed by atoms with van der Waals surface area (Å²) in [5, 5.41) is 9.94. The maximum Gasteiger partial charge on any atom is 0.248 e. The highest BCUT2D eigenvalue weighted by Crippen LogP contribution is 2.43. The van der Waals surface area contributed by atoms with Gasteiger partial charge in [-0.15, -0.1) is 0 Å². The average molecular weight is 545 g/mol. The van der Waals surface area contributed by atoms with Crippen molar-refractivity contribution in [3.05, 3.63) is 29.6 Å². The number of hydrogen-bond donors (Lipinski definition) is 3. The van der Waals surface area contributed by atoms with Gasteiger partial charge < -0.3 is 20.1 Å². The van der Waals surface area contributed by atoms with Crippen LogP contribution in [0.4, 0.5) is 8.78 Å². The van der Waals surface area contributed by atoms with Crippen LogP contribution in [0.1, 0.15) is 70.1 Å². The summed E-state index contributed by atoms with van der Waals surface area (Å²) in [5.74, 6) is -2.28. The zero-order valence-corrected chi connectivity index (χ0v) is 24.1. The maximum atomic E-state index is 14.0. The van der Waals surface area contributed by atoms with Gasteiger partial charge in [-0.1, -0.05) is 25.7 Å². The number of aliphatic hydroxyl groups is 1. The van der Waals surface area contributed by atoms with E-state index in [0.717, 1.165) is 11.6 Å². The Kier molecular flexibility index (Phi) is 9.16. The first-order valence-electron chi connectivity index (χ1n) is 12.6. The van der Waals surface area contributed by atoms with Crippen LogP contribution in [0.15, 0.2) is 18.2 Å². The number of halogens is 2. The average Bonchev–Trinajstić information content (AvgIpc) is 3.27. The van der Waals surface area contributed by atoms with E-state index in [-0.39, 0.29) is 25.5 Å². The second-order valence-corrected chi connectivity index (χ2v) is 19.8. The molecule has 11 heteroatoms. The van der Waals surface area contributed by atoms with Crippen molar-refractivity contribution in [3.8, 4) is 0 Å². The molecule has 0 bridgehead atoms. The van der Waals surface area contributed by atoms with Crippen LogP contribution in [-0.4, -0.2) is 44.2 Å². The van der Waals surface area contributed by atoms with Crippen LogP contribution in [0.5, 0.6) is 0 Å². The lowest BCUT2D eigenvalue weighted by Gasteiger charge is -2.26. The van der Waals surface area contributed by atoms with E-state index in [2.05, 4.69) is 24.4 Å². The van der Waals surface area contributed by atoms with Gasteiger partial charge in [-0.25, -0.2) is 22.7 Å². The van der Waals surface area contributed by atoms with E-state index < -0.39 is 42.0 Å². The Balaban J connectivity index is 2.00. The van der Waals surface area contributed by atoms with Crippen LogP contribution in [0, 0.1) is 5.92 Å². The van der Waals surface area contributed by atoms with Crippen molar-refractivity contribution < 1.29 is 22.8 Å². The van der Waals surface area contributed by atoms with Crippen LogP contribution >= 0.6 is 0 Å². The molecule has 1 heterocycles. The van der Waals surface area contributed by atoms with E-state index in [0.29, 0.717) is 36.4 Å². The van der Waals surface area contributed by atoms with Crippen LogP contribution in [0.25, 0.3) is 11.0 Å². The minimum atomic E-state index is -2.66. The van der Waals surface area contributed by atoms with Crippen molar-refractivity contribution in [2.45, 2.75) is 102 Å². The van der Waals surface area contributed by atoms with Crippen LogP contribution in [0.2, 0.25) is 25.7 Å². The fraction of sp³-hybridized carbons (Fsp3) is 0.720. The van der Waals surface area contributed by atoms with Crippen molar-refractivity contribution in [2.75, 3.05) is 6.61 Å². The number of alkyl halides is 2. The summed E-state index contributed by atoms with van der Waals surface area (Å²) in [6.07, 6.45) is -0.631. The topological polar surface area (TPSA) is 102 Å². The molecule has 0 aliphatic heterocycles. The fourth-order valence-corrected chi connectivity index (χ4v) is 5.94. The number of fused-ring (bicyclic) bond motifs is 1. The summed E-state index contributed by atoms with van der Waals surface area (Å²) >= 11 is 0. The van der Waals surface area contributed by atoms with E-state index in [4.69, 9.17) is 15.5 Å². The van der Waals surface area contributed by atoms with Crippen LogP contribution in [0.3, 0.4) is 0 Å². The SMILES string of the molecule is CC(C)(C)[S@@](=O)NC(C[C@H]1CCC(F)(F)C1)c1nc2ccc([C@H](N)O)cc2n1COCC[Si](C)(C)C. The Morgan fingerprint density at radius 2 is 2.06 bits per heavy atom. The number of hydrogen-bond acceptors (Lipinski definition) is 5. The van der Waals surface area contributed by atoms with Gasteiger partial charge in [-0.3, -0.25) is 0 Å². The highest BCUT2D eigenvalue weighted by atomic mass is 32.2. The minimum Gasteiger partial charge on any atom is -0.375 e. The molecule has 1 fully saturated rings. The van der Waals surface area contributed by atoms with E-state index in [1.165, 1.54) is 0 Å². The molecule has 0 spiro atoms. The molecule has 4 atom stereocenters. The van der Waals surface area contributed by atoms with Gasteiger partial charge in [0.05, 0.1) is 32.8 Å². The molecule has 1 unspecified atom stereocenters. The minimum absolute atomic E-state index is 0.124. The van der Waals surface area contributed by atoms with Gasteiger partial charge in [-0.05, 0) is 63.3 Å². The molecule has 4 N–H and O–H groups in total. The van der Waals surface area contributed by atoms with E-state index in [9.17, 15) is 18.1 Å². The number of nitrogens with one attached hydrogen (secondary N) is 1. The van der Waals surface area contributed by atoms with Gasteiger partial charge in [0.15, 0.2) is 0 Å². The molecule has 7 nitrogen and oxygen atoms in total. The molecule has 204 valence electrons. The number of aliphatic hydroxyl groups excluding tert-OH is 1. The van der Waals surface area contributed by atoms with Gasteiger partial charge in [-0.2, -0.15) is 0 Å². The first kappa shape index (κ1) is 29.3. The Bertz CT molecular complexity index is 1070. The smallest absolute Gasteiger partial charge is 0.248 e. The third-order valence-electron chi connectivity index (χ3n) is 6.55. The number of ether oxygens (including phenoxy) is 1. The van der Waals surface area contributed by atoms with Crippen molar-refractivity contribution in [2.24, 2.45) is 11.7 Å². The highest BCUT2D eigenvalue weighted by molar-refractivity contribution is 7.84. The van der Waals surface area contributed by atoms with Crippen LogP contribution < -0.4 is 10.5 Å². The number of benzene rings is 1. The lowest BCUT2D eigenvalue weighted by Crippen LogP contribution is -2.37. The summed E-state index contributed by atoms with van der Waals surface area (Å²) in [4.78, 5) is 4.84. The summed E-state index contributed by atoms with van der Waals surface area (Å²) in [6.45, 7) is 13.3.